The Balaban J connectivity index is 1.40. The molecule has 0 unspecified atom stereocenters. The highest BCUT2D eigenvalue weighted by atomic mass is 32.2. The van der Waals surface area contributed by atoms with Gasteiger partial charge in [0.1, 0.15) is 0 Å². The number of amides is 1. The highest BCUT2D eigenvalue weighted by Gasteiger charge is 2.26. The first-order chi connectivity index (χ1) is 15.0. The number of nitrogens with zero attached hydrogens (tertiary/aromatic N) is 2. The number of hydrogen-bond donors (Lipinski definition) is 1. The first-order valence-electron chi connectivity index (χ1n) is 9.79. The quantitative estimate of drug-likeness (QED) is 0.509. The summed E-state index contributed by atoms with van der Waals surface area (Å²) in [5.74, 6) is -0.258. The molecule has 1 aromatic heterocycles. The fourth-order valence-corrected chi connectivity index (χ4v) is 5.96. The van der Waals surface area contributed by atoms with Crippen molar-refractivity contribution in [2.45, 2.75) is 4.90 Å². The van der Waals surface area contributed by atoms with E-state index >= 15 is 0 Å². The molecule has 0 bridgehead atoms. The van der Waals surface area contributed by atoms with Gasteiger partial charge in [0.05, 0.1) is 28.3 Å². The molecular weight excluding hydrogens is 434 g/mol. The lowest BCUT2D eigenvalue weighted by molar-refractivity contribution is 0.0730. The third-order valence-corrected chi connectivity index (χ3v) is 8.03. The van der Waals surface area contributed by atoms with E-state index in [1.165, 1.54) is 15.6 Å². The first kappa shape index (κ1) is 20.1. The number of anilines is 1. The highest BCUT2D eigenvalue weighted by molar-refractivity contribution is 7.89. The molecule has 0 aliphatic carbocycles. The summed E-state index contributed by atoms with van der Waals surface area (Å²) < 4.78 is 33.2. The second-order valence-electron chi connectivity index (χ2n) is 7.18. The average Bonchev–Trinajstić information content (AvgIpc) is 3.20. The van der Waals surface area contributed by atoms with Gasteiger partial charge in [-0.1, -0.05) is 41.7 Å². The van der Waals surface area contributed by atoms with Crippen LogP contribution in [0.1, 0.15) is 10.4 Å². The molecule has 9 heteroatoms. The van der Waals surface area contributed by atoms with Crippen LogP contribution in [0.3, 0.4) is 0 Å². The van der Waals surface area contributed by atoms with Crippen LogP contribution >= 0.6 is 11.3 Å². The van der Waals surface area contributed by atoms with Gasteiger partial charge in [0.2, 0.25) is 10.0 Å². The summed E-state index contributed by atoms with van der Waals surface area (Å²) in [6.07, 6.45) is 0. The maximum absolute atomic E-state index is 12.9. The van der Waals surface area contributed by atoms with Crippen LogP contribution in [0.4, 0.5) is 5.13 Å². The van der Waals surface area contributed by atoms with Gasteiger partial charge in [-0.25, -0.2) is 13.4 Å². The van der Waals surface area contributed by atoms with Crippen LogP contribution in [0.25, 0.3) is 21.0 Å². The van der Waals surface area contributed by atoms with Crippen molar-refractivity contribution >= 4 is 53.4 Å². The average molecular weight is 454 g/mol. The summed E-state index contributed by atoms with van der Waals surface area (Å²) in [6, 6.07) is 18.2. The molecule has 1 saturated heterocycles. The number of carbonyl (C=O) groups excluding carboxylic acids is 1. The Morgan fingerprint density at radius 2 is 1.77 bits per heavy atom. The Kier molecular flexibility index (Phi) is 5.19. The molecule has 1 aliphatic rings. The molecule has 158 valence electrons. The first-order valence-corrected chi connectivity index (χ1v) is 12.0. The van der Waals surface area contributed by atoms with Crippen LogP contribution < -0.4 is 5.32 Å². The van der Waals surface area contributed by atoms with E-state index in [4.69, 9.17) is 4.74 Å². The van der Waals surface area contributed by atoms with E-state index in [-0.39, 0.29) is 10.8 Å². The van der Waals surface area contributed by atoms with Crippen molar-refractivity contribution in [2.75, 3.05) is 31.6 Å². The van der Waals surface area contributed by atoms with E-state index in [0.717, 1.165) is 10.8 Å². The molecule has 3 aromatic carbocycles. The summed E-state index contributed by atoms with van der Waals surface area (Å²) >= 11 is 1.25. The van der Waals surface area contributed by atoms with Gasteiger partial charge in [0.15, 0.2) is 5.13 Å². The summed E-state index contributed by atoms with van der Waals surface area (Å²) in [5, 5.41) is 5.30. The minimum atomic E-state index is -3.59. The van der Waals surface area contributed by atoms with Gasteiger partial charge in [-0.05, 0) is 41.1 Å². The third-order valence-electron chi connectivity index (χ3n) is 5.20. The van der Waals surface area contributed by atoms with E-state index in [9.17, 15) is 13.2 Å². The molecule has 1 N–H and O–H groups in total. The summed E-state index contributed by atoms with van der Waals surface area (Å²) in [6.45, 7) is 1.48. The highest BCUT2D eigenvalue weighted by Crippen LogP contribution is 2.30. The van der Waals surface area contributed by atoms with Crippen LogP contribution in [-0.2, 0) is 14.8 Å². The van der Waals surface area contributed by atoms with Crippen molar-refractivity contribution in [3.05, 3.63) is 66.2 Å². The van der Waals surface area contributed by atoms with Crippen molar-refractivity contribution in [1.82, 2.24) is 9.29 Å². The maximum atomic E-state index is 12.9. The van der Waals surface area contributed by atoms with Gasteiger partial charge in [-0.2, -0.15) is 4.31 Å². The SMILES string of the molecule is O=C(Nc1nc2ccc(S(=O)(=O)N3CCOCC3)cc2s1)c1ccc2ccccc2c1. The molecule has 0 atom stereocenters. The Labute approximate surface area is 183 Å². The van der Waals surface area contributed by atoms with Crippen molar-refractivity contribution < 1.29 is 17.9 Å². The number of carbonyl (C=O) groups is 1. The van der Waals surface area contributed by atoms with E-state index < -0.39 is 10.0 Å². The lowest BCUT2D eigenvalue weighted by Gasteiger charge is -2.25. The van der Waals surface area contributed by atoms with Gasteiger partial charge >= 0.3 is 0 Å². The number of sulfonamides is 1. The van der Waals surface area contributed by atoms with Crippen LogP contribution in [-0.4, -0.2) is 49.9 Å². The largest absolute Gasteiger partial charge is 0.379 e. The second-order valence-corrected chi connectivity index (χ2v) is 10.1. The van der Waals surface area contributed by atoms with E-state index in [1.54, 1.807) is 24.3 Å². The standard InChI is InChI=1S/C22H19N3O4S2/c26-21(17-6-5-15-3-1-2-4-16(15)13-17)24-22-23-19-8-7-18(14-20(19)30-22)31(27,28)25-9-11-29-12-10-25/h1-8,13-14H,9-12H2,(H,23,24,26). The molecule has 0 radical (unpaired) electrons. The van der Waals surface area contributed by atoms with Crippen LogP contribution in [0.2, 0.25) is 0 Å². The minimum Gasteiger partial charge on any atom is -0.379 e. The summed E-state index contributed by atoms with van der Waals surface area (Å²) in [4.78, 5) is 17.4. The normalized spacial score (nSPS) is 15.4. The van der Waals surface area contributed by atoms with Gasteiger partial charge < -0.3 is 4.74 Å². The lowest BCUT2D eigenvalue weighted by atomic mass is 10.1. The Morgan fingerprint density at radius 1 is 1.00 bits per heavy atom. The van der Waals surface area contributed by atoms with Crippen molar-refractivity contribution in [1.29, 1.82) is 0 Å². The Hall–Kier alpha value is -2.85. The molecule has 7 nitrogen and oxygen atoms in total. The van der Waals surface area contributed by atoms with Crippen molar-refractivity contribution in [3.63, 3.8) is 0 Å². The molecular formula is C22H19N3O4S2. The lowest BCUT2D eigenvalue weighted by Crippen LogP contribution is -2.40. The molecule has 5 rings (SSSR count). The van der Waals surface area contributed by atoms with Gasteiger partial charge in [-0.3, -0.25) is 10.1 Å². The van der Waals surface area contributed by atoms with Crippen molar-refractivity contribution in [2.24, 2.45) is 0 Å². The zero-order valence-corrected chi connectivity index (χ0v) is 18.1. The fourth-order valence-electron chi connectivity index (χ4n) is 3.55. The maximum Gasteiger partial charge on any atom is 0.257 e. The number of morpholine rings is 1. The topological polar surface area (TPSA) is 88.6 Å². The number of fused-ring (bicyclic) bond motifs is 2. The number of benzene rings is 3. The van der Waals surface area contributed by atoms with E-state index in [0.29, 0.717) is 47.2 Å². The summed E-state index contributed by atoms with van der Waals surface area (Å²) in [7, 11) is -3.59. The van der Waals surface area contributed by atoms with E-state index in [2.05, 4.69) is 10.3 Å². The second kappa shape index (κ2) is 8.01. The molecule has 4 aromatic rings. The number of nitrogens with one attached hydrogen (secondary N) is 1. The fraction of sp³-hybridized carbons (Fsp3) is 0.182. The molecule has 2 heterocycles. The van der Waals surface area contributed by atoms with Gasteiger partial charge in [0, 0.05) is 18.7 Å². The predicted octanol–water partition coefficient (Wildman–Crippen LogP) is 3.72. The van der Waals surface area contributed by atoms with Crippen LogP contribution in [0.15, 0.2) is 65.6 Å². The molecule has 0 spiro atoms. The third kappa shape index (κ3) is 3.92. The number of ether oxygens (including phenoxy) is 1. The van der Waals surface area contributed by atoms with Crippen LogP contribution in [0, 0.1) is 0 Å². The van der Waals surface area contributed by atoms with Crippen molar-refractivity contribution in [3.8, 4) is 0 Å². The zero-order chi connectivity index (χ0) is 21.4. The Bertz CT molecular complexity index is 1390. The zero-order valence-electron chi connectivity index (χ0n) is 16.4. The summed E-state index contributed by atoms with van der Waals surface area (Å²) in [5.41, 5.74) is 1.17. The van der Waals surface area contributed by atoms with E-state index in [1.807, 2.05) is 36.4 Å². The predicted molar refractivity (Wildman–Crippen MR) is 121 cm³/mol. The minimum absolute atomic E-state index is 0.220. The molecule has 31 heavy (non-hydrogen) atoms. The number of rotatable bonds is 4. The number of hydrogen-bond acceptors (Lipinski definition) is 6. The van der Waals surface area contributed by atoms with Crippen LogP contribution in [0.5, 0.6) is 0 Å². The van der Waals surface area contributed by atoms with Gasteiger partial charge in [0.25, 0.3) is 5.91 Å². The molecule has 1 amide bonds. The number of aromatic nitrogens is 1. The molecule has 0 saturated carbocycles. The molecule has 1 aliphatic heterocycles. The molecule has 1 fully saturated rings. The number of thiazole rings is 1. The van der Waals surface area contributed by atoms with Gasteiger partial charge in [-0.15, -0.1) is 0 Å². The Morgan fingerprint density at radius 3 is 2.58 bits per heavy atom. The monoisotopic (exact) mass is 453 g/mol. The smallest absolute Gasteiger partial charge is 0.257 e.